The van der Waals surface area contributed by atoms with Crippen LogP contribution in [0.5, 0.6) is 0 Å². The summed E-state index contributed by atoms with van der Waals surface area (Å²) >= 11 is 5.36. The molecule has 0 fully saturated rings. The Morgan fingerprint density at radius 1 is 1.12 bits per heavy atom. The molecule has 2 aromatic carbocycles. The second-order valence-electron chi connectivity index (χ2n) is 6.12. The van der Waals surface area contributed by atoms with Gasteiger partial charge in [-0.15, -0.1) is 0 Å². The molecule has 1 amide bonds. The van der Waals surface area contributed by atoms with Crippen molar-refractivity contribution >= 4 is 34.0 Å². The molecule has 1 aliphatic heterocycles. The molecule has 25 heavy (non-hydrogen) atoms. The molecule has 5 heteroatoms. The number of nitrogens with one attached hydrogen (secondary N) is 2. The number of amides is 1. The fraction of sp³-hybridized carbons (Fsp3) is 0.300. The number of rotatable bonds is 4. The summed E-state index contributed by atoms with van der Waals surface area (Å²) < 4.78 is 0. The van der Waals surface area contributed by atoms with Crippen LogP contribution in [-0.2, 0) is 4.79 Å². The van der Waals surface area contributed by atoms with Gasteiger partial charge in [-0.3, -0.25) is 4.79 Å². The second kappa shape index (κ2) is 7.23. The Bertz CT molecular complexity index is 850. The van der Waals surface area contributed by atoms with E-state index in [0.29, 0.717) is 18.2 Å². The Hall–Kier alpha value is -2.40. The highest BCUT2D eigenvalue weighted by atomic mass is 32.1. The minimum absolute atomic E-state index is 0.0444. The Morgan fingerprint density at radius 2 is 1.80 bits per heavy atom. The predicted molar refractivity (Wildman–Crippen MR) is 106 cm³/mol. The number of thiocarbonyl (C=S) groups is 1. The van der Waals surface area contributed by atoms with Crippen molar-refractivity contribution in [2.75, 3.05) is 13.1 Å². The van der Waals surface area contributed by atoms with Crippen molar-refractivity contribution in [3.8, 4) is 0 Å². The summed E-state index contributed by atoms with van der Waals surface area (Å²) in [7, 11) is 0. The molecule has 0 radical (unpaired) electrons. The zero-order valence-electron chi connectivity index (χ0n) is 14.8. The van der Waals surface area contributed by atoms with Gasteiger partial charge in [0.25, 0.3) is 5.91 Å². The van der Waals surface area contributed by atoms with E-state index in [1.165, 1.54) is 0 Å². The van der Waals surface area contributed by atoms with E-state index < -0.39 is 0 Å². The Morgan fingerprint density at radius 3 is 2.52 bits per heavy atom. The molecular formula is C20H23N3OS. The van der Waals surface area contributed by atoms with E-state index in [0.717, 1.165) is 27.6 Å². The molecule has 1 atom stereocenters. The molecule has 1 aliphatic rings. The topological polar surface area (TPSA) is 44.4 Å². The van der Waals surface area contributed by atoms with Crippen LogP contribution in [0, 0.1) is 0 Å². The van der Waals surface area contributed by atoms with Crippen LogP contribution in [-0.4, -0.2) is 29.0 Å². The van der Waals surface area contributed by atoms with Crippen LogP contribution >= 0.6 is 12.2 Å². The molecule has 0 saturated carbocycles. The summed E-state index contributed by atoms with van der Waals surface area (Å²) in [5, 5.41) is 9.25. The van der Waals surface area contributed by atoms with Crippen LogP contribution in [0.25, 0.3) is 10.8 Å². The van der Waals surface area contributed by atoms with Crippen LogP contribution in [0.4, 0.5) is 0 Å². The number of benzene rings is 2. The number of carbonyl (C=O) groups excluding carboxylic acids is 1. The maximum Gasteiger partial charge on any atom is 0.253 e. The molecule has 0 aromatic heterocycles. The first-order valence-corrected chi connectivity index (χ1v) is 9.02. The van der Waals surface area contributed by atoms with Crippen LogP contribution in [0.15, 0.2) is 53.7 Å². The highest BCUT2D eigenvalue weighted by Gasteiger charge is 2.32. The second-order valence-corrected chi connectivity index (χ2v) is 6.52. The molecule has 0 unspecified atom stereocenters. The molecule has 1 heterocycles. The highest BCUT2D eigenvalue weighted by molar-refractivity contribution is 7.80. The first-order chi connectivity index (χ1) is 12.1. The lowest BCUT2D eigenvalue weighted by atomic mass is 9.91. The van der Waals surface area contributed by atoms with E-state index in [-0.39, 0.29) is 11.9 Å². The van der Waals surface area contributed by atoms with Gasteiger partial charge in [0, 0.05) is 18.8 Å². The summed E-state index contributed by atoms with van der Waals surface area (Å²) in [5.74, 6) is 0.0444. The summed E-state index contributed by atoms with van der Waals surface area (Å²) in [4.78, 5) is 15.0. The first-order valence-electron chi connectivity index (χ1n) is 8.62. The lowest BCUT2D eigenvalue weighted by molar-refractivity contribution is -0.127. The van der Waals surface area contributed by atoms with Crippen molar-refractivity contribution in [1.29, 1.82) is 0 Å². The van der Waals surface area contributed by atoms with Crippen molar-refractivity contribution in [1.82, 2.24) is 15.5 Å². The molecule has 0 saturated heterocycles. The number of nitrogens with zero attached hydrogens (tertiary/aromatic N) is 1. The number of carbonyl (C=O) groups is 1. The van der Waals surface area contributed by atoms with Gasteiger partial charge < -0.3 is 15.5 Å². The molecular weight excluding hydrogens is 330 g/mol. The van der Waals surface area contributed by atoms with Gasteiger partial charge >= 0.3 is 0 Å². The molecule has 0 spiro atoms. The predicted octanol–water partition coefficient (Wildman–Crippen LogP) is 3.50. The molecule has 4 nitrogen and oxygen atoms in total. The van der Waals surface area contributed by atoms with Gasteiger partial charge in [-0.1, -0.05) is 42.5 Å². The molecule has 130 valence electrons. The van der Waals surface area contributed by atoms with E-state index >= 15 is 0 Å². The quantitative estimate of drug-likeness (QED) is 0.826. The minimum atomic E-state index is -0.257. The van der Waals surface area contributed by atoms with Gasteiger partial charge in [-0.05, 0) is 49.3 Å². The number of hydrogen-bond acceptors (Lipinski definition) is 2. The SMILES string of the molecule is CCN(CC)C(=O)C1=C(C)NC(=S)N[C@H]1c1cccc2ccccc12. The van der Waals surface area contributed by atoms with Gasteiger partial charge in [-0.25, -0.2) is 0 Å². The summed E-state index contributed by atoms with van der Waals surface area (Å²) in [6.45, 7) is 7.27. The van der Waals surface area contributed by atoms with Gasteiger partial charge in [0.15, 0.2) is 5.11 Å². The van der Waals surface area contributed by atoms with Crippen molar-refractivity contribution < 1.29 is 4.79 Å². The minimum Gasteiger partial charge on any atom is -0.351 e. The molecule has 2 N–H and O–H groups in total. The van der Waals surface area contributed by atoms with Crippen molar-refractivity contribution in [3.63, 3.8) is 0 Å². The highest BCUT2D eigenvalue weighted by Crippen LogP contribution is 2.32. The molecule has 0 aliphatic carbocycles. The number of hydrogen-bond donors (Lipinski definition) is 2. The maximum atomic E-state index is 13.1. The van der Waals surface area contributed by atoms with Crippen molar-refractivity contribution in [2.24, 2.45) is 0 Å². The van der Waals surface area contributed by atoms with E-state index in [1.54, 1.807) is 0 Å². The summed E-state index contributed by atoms with van der Waals surface area (Å²) in [6, 6.07) is 14.1. The lowest BCUT2D eigenvalue weighted by Crippen LogP contribution is -2.47. The first kappa shape index (κ1) is 17.4. The van der Waals surface area contributed by atoms with Crippen LogP contribution in [0.1, 0.15) is 32.4 Å². The van der Waals surface area contributed by atoms with Crippen LogP contribution in [0.3, 0.4) is 0 Å². The summed E-state index contributed by atoms with van der Waals surface area (Å²) in [5.41, 5.74) is 2.61. The summed E-state index contributed by atoms with van der Waals surface area (Å²) in [6.07, 6.45) is 0. The van der Waals surface area contributed by atoms with Crippen molar-refractivity contribution in [2.45, 2.75) is 26.8 Å². The molecule has 2 aromatic rings. The van der Waals surface area contributed by atoms with E-state index in [9.17, 15) is 4.79 Å². The largest absolute Gasteiger partial charge is 0.351 e. The fourth-order valence-electron chi connectivity index (χ4n) is 3.39. The van der Waals surface area contributed by atoms with Crippen LogP contribution in [0.2, 0.25) is 0 Å². The molecule has 0 bridgehead atoms. The third kappa shape index (κ3) is 3.24. The normalized spacial score (nSPS) is 17.2. The number of fused-ring (bicyclic) bond motifs is 1. The zero-order chi connectivity index (χ0) is 18.0. The average molecular weight is 353 g/mol. The van der Waals surface area contributed by atoms with Gasteiger partial charge in [-0.2, -0.15) is 0 Å². The van der Waals surface area contributed by atoms with Gasteiger partial charge in [0.2, 0.25) is 0 Å². The van der Waals surface area contributed by atoms with E-state index in [2.05, 4.69) is 34.9 Å². The van der Waals surface area contributed by atoms with E-state index in [1.807, 2.05) is 43.9 Å². The van der Waals surface area contributed by atoms with Gasteiger partial charge in [0.05, 0.1) is 11.6 Å². The third-order valence-electron chi connectivity index (χ3n) is 4.68. The average Bonchev–Trinajstić information content (AvgIpc) is 2.61. The Labute approximate surface area is 153 Å². The molecule has 3 rings (SSSR count). The lowest BCUT2D eigenvalue weighted by Gasteiger charge is -2.33. The Balaban J connectivity index is 2.16. The van der Waals surface area contributed by atoms with Gasteiger partial charge in [0.1, 0.15) is 0 Å². The van der Waals surface area contributed by atoms with E-state index in [4.69, 9.17) is 12.2 Å². The maximum absolute atomic E-state index is 13.1. The number of allylic oxidation sites excluding steroid dienone is 1. The van der Waals surface area contributed by atoms with Crippen molar-refractivity contribution in [3.05, 3.63) is 59.3 Å². The third-order valence-corrected chi connectivity index (χ3v) is 4.90. The number of likely N-dealkylation sites (N-methyl/N-ethyl adjacent to an activating group) is 1. The van der Waals surface area contributed by atoms with Crippen LogP contribution < -0.4 is 10.6 Å². The standard InChI is InChI=1S/C20H23N3OS/c1-4-23(5-2)19(24)17-13(3)21-20(25)22-18(17)16-12-8-10-14-9-6-7-11-15(14)16/h6-12,18H,4-5H2,1-3H3,(H2,21,22,25)/t18-/m0/s1. The fourth-order valence-corrected chi connectivity index (χ4v) is 3.66. The zero-order valence-corrected chi connectivity index (χ0v) is 15.6. The monoisotopic (exact) mass is 353 g/mol. The smallest absolute Gasteiger partial charge is 0.253 e. The Kier molecular flexibility index (Phi) is 5.04.